The van der Waals surface area contributed by atoms with Crippen molar-refractivity contribution >= 4 is 34.1 Å². The molecule has 0 aliphatic carbocycles. The molecule has 19 heavy (non-hydrogen) atoms. The second kappa shape index (κ2) is 5.60. The van der Waals surface area contributed by atoms with E-state index in [4.69, 9.17) is 5.73 Å². The first-order valence-electron chi connectivity index (χ1n) is 5.82. The number of hydrogen-bond acceptors (Lipinski definition) is 4. The lowest BCUT2D eigenvalue weighted by Gasteiger charge is -2.27. The van der Waals surface area contributed by atoms with Crippen LogP contribution in [0.1, 0.15) is 18.5 Å². The van der Waals surface area contributed by atoms with Crippen LogP contribution in [0.3, 0.4) is 0 Å². The van der Waals surface area contributed by atoms with Crippen molar-refractivity contribution in [3.05, 3.63) is 50.1 Å². The number of anilines is 2. The van der Waals surface area contributed by atoms with Crippen LogP contribution in [-0.4, -0.2) is 17.0 Å². The number of nitrogen functional groups attached to an aromatic ring is 1. The van der Waals surface area contributed by atoms with Crippen molar-refractivity contribution in [2.75, 3.05) is 17.7 Å². The van der Waals surface area contributed by atoms with Gasteiger partial charge in [-0.1, -0.05) is 12.1 Å². The highest BCUT2D eigenvalue weighted by molar-refractivity contribution is 14.1. The highest BCUT2D eigenvalue weighted by Gasteiger charge is 2.17. The maximum atomic E-state index is 11.6. The topological polar surface area (TPSA) is 75.0 Å². The molecule has 0 aliphatic heterocycles. The predicted octanol–water partition coefficient (Wildman–Crippen LogP) is 2.15. The Bertz CT molecular complexity index is 641. The molecule has 1 unspecified atom stereocenters. The molecule has 100 valence electrons. The van der Waals surface area contributed by atoms with E-state index in [2.05, 4.69) is 9.97 Å². The van der Waals surface area contributed by atoms with Gasteiger partial charge in [0, 0.05) is 12.7 Å². The van der Waals surface area contributed by atoms with Gasteiger partial charge in [0.25, 0.3) is 5.56 Å². The van der Waals surface area contributed by atoms with E-state index in [-0.39, 0.29) is 11.6 Å². The van der Waals surface area contributed by atoms with Gasteiger partial charge in [-0.2, -0.15) is 0 Å². The zero-order valence-electron chi connectivity index (χ0n) is 10.7. The molecule has 0 fully saturated rings. The molecule has 0 radical (unpaired) electrons. The molecule has 0 saturated heterocycles. The van der Waals surface area contributed by atoms with Crippen LogP contribution in [0.5, 0.6) is 0 Å². The summed E-state index contributed by atoms with van der Waals surface area (Å²) in [6.45, 7) is 2.05. The number of H-pyrrole nitrogens is 1. The van der Waals surface area contributed by atoms with Crippen molar-refractivity contribution in [3.8, 4) is 0 Å². The average molecular weight is 370 g/mol. The van der Waals surface area contributed by atoms with Gasteiger partial charge >= 0.3 is 0 Å². The summed E-state index contributed by atoms with van der Waals surface area (Å²) in [5.41, 5.74) is 7.48. The number of benzene rings is 1. The normalized spacial score (nSPS) is 12.2. The molecular formula is C13H15IN4O. The van der Waals surface area contributed by atoms with E-state index in [1.165, 1.54) is 6.33 Å². The number of nitrogens with two attached hydrogens (primary N) is 1. The third-order valence-corrected chi connectivity index (χ3v) is 4.06. The fourth-order valence-electron chi connectivity index (χ4n) is 1.85. The van der Waals surface area contributed by atoms with Crippen molar-refractivity contribution in [3.63, 3.8) is 0 Å². The molecule has 3 N–H and O–H groups in total. The third kappa shape index (κ3) is 2.89. The SMILES string of the molecule is CC(c1cccc(N)c1)N(C)c1nc[nH]c(=O)c1I. The lowest BCUT2D eigenvalue weighted by Crippen LogP contribution is -2.26. The van der Waals surface area contributed by atoms with Gasteiger partial charge in [0.2, 0.25) is 0 Å². The second-order valence-corrected chi connectivity index (χ2v) is 5.40. The molecule has 5 nitrogen and oxygen atoms in total. The fourth-order valence-corrected chi connectivity index (χ4v) is 2.52. The molecule has 1 atom stereocenters. The smallest absolute Gasteiger partial charge is 0.266 e. The standard InChI is InChI=1S/C13H15IN4O/c1-8(9-4-3-5-10(15)6-9)18(2)12-11(14)13(19)17-7-16-12/h3-8H,15H2,1-2H3,(H,16,17,19). The van der Waals surface area contributed by atoms with Crippen LogP contribution in [-0.2, 0) is 0 Å². The number of rotatable bonds is 3. The minimum Gasteiger partial charge on any atom is -0.399 e. The first-order chi connectivity index (χ1) is 9.00. The number of aromatic nitrogens is 2. The summed E-state index contributed by atoms with van der Waals surface area (Å²) < 4.78 is 0.582. The van der Waals surface area contributed by atoms with Crippen molar-refractivity contribution in [1.29, 1.82) is 0 Å². The average Bonchev–Trinajstić information content (AvgIpc) is 2.40. The van der Waals surface area contributed by atoms with Crippen LogP contribution >= 0.6 is 22.6 Å². The minimum absolute atomic E-state index is 0.0753. The van der Waals surface area contributed by atoms with Gasteiger partial charge in [-0.05, 0) is 47.2 Å². The van der Waals surface area contributed by atoms with Gasteiger partial charge in [0.15, 0.2) is 0 Å². The summed E-state index contributed by atoms with van der Waals surface area (Å²) in [4.78, 5) is 20.4. The zero-order chi connectivity index (χ0) is 14.0. The Morgan fingerprint density at radius 2 is 2.21 bits per heavy atom. The lowest BCUT2D eigenvalue weighted by molar-refractivity contribution is 0.723. The Morgan fingerprint density at radius 1 is 1.47 bits per heavy atom. The lowest BCUT2D eigenvalue weighted by atomic mass is 10.1. The summed E-state index contributed by atoms with van der Waals surface area (Å²) in [7, 11) is 1.91. The molecule has 1 heterocycles. The van der Waals surface area contributed by atoms with Crippen LogP contribution in [0.15, 0.2) is 35.4 Å². The summed E-state index contributed by atoms with van der Waals surface area (Å²) >= 11 is 2.01. The number of aromatic amines is 1. The van der Waals surface area contributed by atoms with Crippen molar-refractivity contribution in [1.82, 2.24) is 9.97 Å². The molecule has 0 amide bonds. The highest BCUT2D eigenvalue weighted by Crippen LogP contribution is 2.26. The first-order valence-corrected chi connectivity index (χ1v) is 6.90. The van der Waals surface area contributed by atoms with Crippen LogP contribution in [0.4, 0.5) is 11.5 Å². The van der Waals surface area contributed by atoms with Crippen LogP contribution in [0.25, 0.3) is 0 Å². The maximum Gasteiger partial charge on any atom is 0.266 e. The quantitative estimate of drug-likeness (QED) is 0.642. The summed E-state index contributed by atoms with van der Waals surface area (Å²) in [6, 6.07) is 7.79. The molecule has 0 saturated carbocycles. The van der Waals surface area contributed by atoms with Gasteiger partial charge in [0.1, 0.15) is 9.39 Å². The van der Waals surface area contributed by atoms with E-state index in [0.717, 1.165) is 11.3 Å². The predicted molar refractivity (Wildman–Crippen MR) is 85.2 cm³/mol. The summed E-state index contributed by atoms with van der Waals surface area (Å²) in [6.07, 6.45) is 1.42. The molecule has 6 heteroatoms. The van der Waals surface area contributed by atoms with E-state index >= 15 is 0 Å². The van der Waals surface area contributed by atoms with Gasteiger partial charge in [0.05, 0.1) is 12.4 Å². The van der Waals surface area contributed by atoms with Gasteiger partial charge in [-0.3, -0.25) is 4.79 Å². The first kappa shape index (κ1) is 13.9. The molecule has 2 rings (SSSR count). The zero-order valence-corrected chi connectivity index (χ0v) is 12.9. The van der Waals surface area contributed by atoms with E-state index in [0.29, 0.717) is 9.39 Å². The maximum absolute atomic E-state index is 11.6. The van der Waals surface area contributed by atoms with Crippen LogP contribution in [0, 0.1) is 3.57 Å². The van der Waals surface area contributed by atoms with E-state index < -0.39 is 0 Å². The van der Waals surface area contributed by atoms with Crippen molar-refractivity contribution in [2.24, 2.45) is 0 Å². The molecular weight excluding hydrogens is 355 g/mol. The molecule has 0 aliphatic rings. The fraction of sp³-hybridized carbons (Fsp3) is 0.231. The van der Waals surface area contributed by atoms with Gasteiger partial charge < -0.3 is 15.6 Å². The van der Waals surface area contributed by atoms with Gasteiger partial charge in [-0.25, -0.2) is 4.98 Å². The summed E-state index contributed by atoms with van der Waals surface area (Å²) in [5, 5.41) is 0. The highest BCUT2D eigenvalue weighted by atomic mass is 127. The molecule has 0 bridgehead atoms. The largest absolute Gasteiger partial charge is 0.399 e. The Balaban J connectivity index is 2.36. The number of halogens is 1. The molecule has 0 spiro atoms. The van der Waals surface area contributed by atoms with E-state index in [9.17, 15) is 4.79 Å². The van der Waals surface area contributed by atoms with Crippen LogP contribution < -0.4 is 16.2 Å². The van der Waals surface area contributed by atoms with Crippen molar-refractivity contribution < 1.29 is 0 Å². The Hall–Kier alpha value is -1.57. The van der Waals surface area contributed by atoms with Crippen LogP contribution in [0.2, 0.25) is 0 Å². The Kier molecular flexibility index (Phi) is 4.08. The number of nitrogens with one attached hydrogen (secondary N) is 1. The monoisotopic (exact) mass is 370 g/mol. The van der Waals surface area contributed by atoms with Gasteiger partial charge in [-0.15, -0.1) is 0 Å². The van der Waals surface area contributed by atoms with E-state index in [1.807, 2.05) is 65.7 Å². The Morgan fingerprint density at radius 3 is 2.89 bits per heavy atom. The second-order valence-electron chi connectivity index (χ2n) is 4.33. The third-order valence-electron chi connectivity index (χ3n) is 3.09. The number of nitrogens with zero attached hydrogens (tertiary/aromatic N) is 2. The summed E-state index contributed by atoms with van der Waals surface area (Å²) in [5.74, 6) is 0.666. The molecule has 1 aromatic heterocycles. The molecule has 1 aromatic carbocycles. The van der Waals surface area contributed by atoms with E-state index in [1.54, 1.807) is 0 Å². The molecule has 2 aromatic rings. The Labute approximate surface area is 125 Å². The minimum atomic E-state index is -0.128. The number of hydrogen-bond donors (Lipinski definition) is 2. The van der Waals surface area contributed by atoms with Crippen molar-refractivity contribution in [2.45, 2.75) is 13.0 Å².